The zero-order chi connectivity index (χ0) is 28.5. The normalized spacial score (nSPS) is 17.4. The monoisotopic (exact) mass is 583 g/mol. The number of esters is 1. The van der Waals surface area contributed by atoms with Crippen molar-refractivity contribution in [3.05, 3.63) is 83.9 Å². The van der Waals surface area contributed by atoms with E-state index in [1.54, 1.807) is 12.1 Å². The van der Waals surface area contributed by atoms with Crippen LogP contribution < -0.4 is 9.62 Å². The van der Waals surface area contributed by atoms with Gasteiger partial charge in [0.2, 0.25) is 10.0 Å². The first kappa shape index (κ1) is 27.8. The van der Waals surface area contributed by atoms with Crippen LogP contribution in [0.5, 0.6) is 0 Å². The molecule has 10 nitrogen and oxygen atoms in total. The summed E-state index contributed by atoms with van der Waals surface area (Å²) < 4.78 is 60.2. The van der Waals surface area contributed by atoms with Gasteiger partial charge in [0, 0.05) is 24.8 Å². The number of sulfonamides is 2. The van der Waals surface area contributed by atoms with Crippen molar-refractivity contribution in [3.63, 3.8) is 0 Å². The van der Waals surface area contributed by atoms with Gasteiger partial charge in [-0.2, -0.15) is 4.31 Å². The lowest BCUT2D eigenvalue weighted by atomic mass is 10.1. The molecule has 0 saturated carbocycles. The molecule has 5 rings (SSSR count). The van der Waals surface area contributed by atoms with Gasteiger partial charge >= 0.3 is 5.97 Å². The number of hydrogen-bond acceptors (Lipinski definition) is 7. The van der Waals surface area contributed by atoms with E-state index in [1.165, 1.54) is 57.1 Å². The third kappa shape index (κ3) is 5.47. The van der Waals surface area contributed by atoms with Crippen LogP contribution >= 0.6 is 0 Å². The second-order valence-electron chi connectivity index (χ2n) is 9.77. The quantitative estimate of drug-likeness (QED) is 0.402. The lowest BCUT2D eigenvalue weighted by Gasteiger charge is -2.24. The van der Waals surface area contributed by atoms with Crippen molar-refractivity contribution >= 4 is 43.3 Å². The molecule has 0 aromatic heterocycles. The predicted octanol–water partition coefficient (Wildman–Crippen LogP) is 3.41. The molecule has 0 radical (unpaired) electrons. The fourth-order valence-electron chi connectivity index (χ4n) is 5.00. The summed E-state index contributed by atoms with van der Waals surface area (Å²) in [5.41, 5.74) is 1.88. The van der Waals surface area contributed by atoms with E-state index in [-0.39, 0.29) is 21.4 Å². The van der Waals surface area contributed by atoms with Crippen LogP contribution in [0.2, 0.25) is 0 Å². The Kier molecular flexibility index (Phi) is 7.67. The number of carbonyl (C=O) groups is 2. The molecule has 1 atom stereocenters. The number of rotatable bonds is 8. The highest BCUT2D eigenvalue weighted by molar-refractivity contribution is 7.93. The largest absolute Gasteiger partial charge is 0.452 e. The number of para-hydroxylation sites is 1. The molecule has 2 aliphatic heterocycles. The highest BCUT2D eigenvalue weighted by Crippen LogP contribution is 2.36. The molecule has 40 heavy (non-hydrogen) atoms. The fraction of sp³-hybridized carbons (Fsp3) is 0.286. The molecule has 2 aliphatic rings. The summed E-state index contributed by atoms with van der Waals surface area (Å²) in [6.45, 7) is 2.20. The summed E-state index contributed by atoms with van der Waals surface area (Å²) in [5, 5.41) is 2.56. The Morgan fingerprint density at radius 3 is 2.30 bits per heavy atom. The molecular formula is C28H29N3O7S2. The van der Waals surface area contributed by atoms with Crippen LogP contribution in [-0.4, -0.2) is 58.8 Å². The minimum Gasteiger partial charge on any atom is -0.452 e. The van der Waals surface area contributed by atoms with E-state index < -0.39 is 38.5 Å². The van der Waals surface area contributed by atoms with Crippen molar-refractivity contribution in [2.24, 2.45) is 0 Å². The lowest BCUT2D eigenvalue weighted by molar-refractivity contribution is -0.119. The number of anilines is 2. The summed E-state index contributed by atoms with van der Waals surface area (Å²) in [5.74, 6) is -1.48. The Hall–Kier alpha value is -3.74. The summed E-state index contributed by atoms with van der Waals surface area (Å²) in [6, 6.07) is 18.3. The van der Waals surface area contributed by atoms with Crippen molar-refractivity contribution in [2.45, 2.75) is 42.0 Å². The van der Waals surface area contributed by atoms with Gasteiger partial charge in [-0.3, -0.25) is 9.10 Å². The smallest absolute Gasteiger partial charge is 0.338 e. The molecule has 0 aliphatic carbocycles. The van der Waals surface area contributed by atoms with Crippen LogP contribution in [0.1, 0.15) is 35.7 Å². The van der Waals surface area contributed by atoms with E-state index in [0.717, 1.165) is 18.4 Å². The number of benzene rings is 3. The van der Waals surface area contributed by atoms with Gasteiger partial charge < -0.3 is 10.1 Å². The first-order valence-electron chi connectivity index (χ1n) is 12.9. The van der Waals surface area contributed by atoms with E-state index in [4.69, 9.17) is 4.74 Å². The second-order valence-corrected chi connectivity index (χ2v) is 13.5. The Bertz CT molecular complexity index is 1650. The van der Waals surface area contributed by atoms with E-state index in [9.17, 15) is 26.4 Å². The third-order valence-electron chi connectivity index (χ3n) is 6.95. The molecule has 12 heteroatoms. The first-order valence-corrected chi connectivity index (χ1v) is 15.7. The van der Waals surface area contributed by atoms with Crippen LogP contribution in [0.4, 0.5) is 11.4 Å². The molecule has 1 fully saturated rings. The number of carbonyl (C=O) groups excluding carboxylic acids is 2. The van der Waals surface area contributed by atoms with E-state index in [2.05, 4.69) is 5.32 Å². The summed E-state index contributed by atoms with van der Waals surface area (Å²) in [7, 11) is -7.52. The van der Waals surface area contributed by atoms with Crippen LogP contribution in [-0.2, 0) is 36.0 Å². The van der Waals surface area contributed by atoms with Crippen LogP contribution in [0.15, 0.2) is 82.6 Å². The molecule has 0 spiro atoms. The van der Waals surface area contributed by atoms with Crippen molar-refractivity contribution < 1.29 is 31.2 Å². The van der Waals surface area contributed by atoms with E-state index in [0.29, 0.717) is 30.9 Å². The van der Waals surface area contributed by atoms with Crippen LogP contribution in [0.25, 0.3) is 0 Å². The highest BCUT2D eigenvalue weighted by atomic mass is 32.2. The van der Waals surface area contributed by atoms with Crippen molar-refractivity contribution in [1.82, 2.24) is 4.31 Å². The number of amides is 1. The zero-order valence-corrected chi connectivity index (χ0v) is 23.4. The number of nitrogens with one attached hydrogen (secondary N) is 1. The molecule has 3 aromatic rings. The molecule has 1 amide bonds. The third-order valence-corrected chi connectivity index (χ3v) is 10.8. The lowest BCUT2D eigenvalue weighted by Crippen LogP contribution is -2.35. The predicted molar refractivity (Wildman–Crippen MR) is 149 cm³/mol. The molecular weight excluding hydrogens is 554 g/mol. The molecule has 2 heterocycles. The Morgan fingerprint density at radius 1 is 0.875 bits per heavy atom. The summed E-state index contributed by atoms with van der Waals surface area (Å²) in [4.78, 5) is 25.1. The maximum absolute atomic E-state index is 13.5. The Morgan fingerprint density at radius 2 is 1.57 bits per heavy atom. The maximum atomic E-state index is 13.5. The van der Waals surface area contributed by atoms with Gasteiger partial charge in [-0.25, -0.2) is 21.6 Å². The Balaban J connectivity index is 1.21. The molecule has 210 valence electrons. The van der Waals surface area contributed by atoms with Gasteiger partial charge in [-0.1, -0.05) is 24.3 Å². The topological polar surface area (TPSA) is 130 Å². The van der Waals surface area contributed by atoms with Crippen LogP contribution in [0.3, 0.4) is 0 Å². The van der Waals surface area contributed by atoms with Gasteiger partial charge in [0.15, 0.2) is 6.61 Å². The first-order chi connectivity index (χ1) is 19.1. The summed E-state index contributed by atoms with van der Waals surface area (Å²) >= 11 is 0. The fourth-order valence-corrected chi connectivity index (χ4v) is 8.26. The van der Waals surface area contributed by atoms with Gasteiger partial charge in [0.1, 0.15) is 0 Å². The van der Waals surface area contributed by atoms with Crippen molar-refractivity contribution in [1.29, 1.82) is 0 Å². The molecule has 0 bridgehead atoms. The highest BCUT2D eigenvalue weighted by Gasteiger charge is 2.36. The number of hydrogen-bond donors (Lipinski definition) is 1. The van der Waals surface area contributed by atoms with Crippen molar-refractivity contribution in [3.8, 4) is 0 Å². The number of ether oxygens (including phenoxy) is 1. The zero-order valence-electron chi connectivity index (χ0n) is 21.8. The number of fused-ring (bicyclic) bond motifs is 1. The minimum atomic E-state index is -3.95. The average Bonchev–Trinajstić information content (AvgIpc) is 3.60. The SMILES string of the molecule is C[C@H]1Cc2ccccc2N1S(=O)(=O)c1cccc(C(=O)OCC(=O)Nc2ccc(S(=O)(=O)N3CCCC3)cc2)c1. The van der Waals surface area contributed by atoms with Gasteiger partial charge in [-0.15, -0.1) is 0 Å². The van der Waals surface area contributed by atoms with Gasteiger partial charge in [0.05, 0.1) is 21.0 Å². The van der Waals surface area contributed by atoms with Gasteiger partial charge in [0.25, 0.3) is 15.9 Å². The van der Waals surface area contributed by atoms with Gasteiger partial charge in [-0.05, 0) is 80.3 Å². The van der Waals surface area contributed by atoms with Crippen molar-refractivity contribution in [2.75, 3.05) is 29.3 Å². The average molecular weight is 584 g/mol. The standard InChI is InChI=1S/C28H29N3O7S2/c1-20-17-21-7-2-3-10-26(21)31(20)40(36,37)25-9-6-8-22(18-25)28(33)38-19-27(32)29-23-11-13-24(14-12-23)39(34,35)30-15-4-5-16-30/h2-3,6-14,18,20H,4-5,15-17,19H2,1H3,(H,29,32)/t20-/m0/s1. The Labute approximate surface area is 233 Å². The molecule has 1 N–H and O–H groups in total. The minimum absolute atomic E-state index is 0.00881. The molecule has 3 aromatic carbocycles. The molecule has 0 unspecified atom stereocenters. The van der Waals surface area contributed by atoms with Crippen LogP contribution in [0, 0.1) is 0 Å². The van der Waals surface area contributed by atoms with E-state index in [1.807, 2.05) is 19.1 Å². The summed E-state index contributed by atoms with van der Waals surface area (Å²) in [6.07, 6.45) is 2.25. The molecule has 1 saturated heterocycles. The number of nitrogens with zero attached hydrogens (tertiary/aromatic N) is 2. The maximum Gasteiger partial charge on any atom is 0.338 e. The van der Waals surface area contributed by atoms with E-state index >= 15 is 0 Å². The second kappa shape index (κ2) is 11.0.